The Morgan fingerprint density at radius 1 is 1.20 bits per heavy atom. The summed E-state index contributed by atoms with van der Waals surface area (Å²) in [6.07, 6.45) is 0. The summed E-state index contributed by atoms with van der Waals surface area (Å²) in [7, 11) is -3.71. The van der Waals surface area contributed by atoms with E-state index < -0.39 is 27.9 Å². The predicted molar refractivity (Wildman–Crippen MR) is 95.0 cm³/mol. The maximum Gasteiger partial charge on any atom is 0.326 e. The third-order valence-electron chi connectivity index (χ3n) is 3.99. The first kappa shape index (κ1) is 21.1. The van der Waals surface area contributed by atoms with Gasteiger partial charge in [0.1, 0.15) is 6.04 Å². The van der Waals surface area contributed by atoms with Crippen molar-refractivity contribution < 1.29 is 23.1 Å². The maximum absolute atomic E-state index is 12.7. The Balaban J connectivity index is 3.25. The number of aryl methyl sites for hydroxylation is 1. The van der Waals surface area contributed by atoms with Crippen LogP contribution in [0.25, 0.3) is 0 Å². The van der Waals surface area contributed by atoms with E-state index in [4.69, 9.17) is 0 Å². The van der Waals surface area contributed by atoms with Crippen LogP contribution in [0.5, 0.6) is 0 Å². The number of nitrogens with zero attached hydrogens (tertiary/aromatic N) is 1. The van der Waals surface area contributed by atoms with Gasteiger partial charge in [-0.1, -0.05) is 33.8 Å². The lowest BCUT2D eigenvalue weighted by Crippen LogP contribution is -2.44. The van der Waals surface area contributed by atoms with Gasteiger partial charge in [-0.3, -0.25) is 4.79 Å². The molecule has 140 valence electrons. The molecule has 1 aromatic rings. The minimum absolute atomic E-state index is 0.0558. The van der Waals surface area contributed by atoms with Gasteiger partial charge in [0.05, 0.1) is 4.90 Å². The van der Waals surface area contributed by atoms with Gasteiger partial charge in [0.15, 0.2) is 0 Å². The average molecular weight is 370 g/mol. The highest BCUT2D eigenvalue weighted by Gasteiger charge is 2.27. The first-order valence-corrected chi connectivity index (χ1v) is 9.64. The van der Waals surface area contributed by atoms with E-state index in [1.165, 1.54) is 16.4 Å². The van der Waals surface area contributed by atoms with Crippen molar-refractivity contribution >= 4 is 21.9 Å². The van der Waals surface area contributed by atoms with Crippen LogP contribution in [-0.2, 0) is 14.8 Å². The van der Waals surface area contributed by atoms with E-state index in [9.17, 15) is 23.1 Å². The zero-order chi connectivity index (χ0) is 19.4. The van der Waals surface area contributed by atoms with E-state index in [0.29, 0.717) is 18.7 Å². The number of rotatable bonds is 8. The third-order valence-corrected chi connectivity index (χ3v) is 6.18. The number of benzene rings is 1. The highest BCUT2D eigenvalue weighted by atomic mass is 32.2. The second-order valence-corrected chi connectivity index (χ2v) is 8.01. The molecule has 0 spiro atoms. The summed E-state index contributed by atoms with van der Waals surface area (Å²) in [6.45, 7) is 9.16. The third kappa shape index (κ3) is 4.79. The lowest BCUT2D eigenvalue weighted by Gasteiger charge is -2.21. The number of aliphatic carboxylic acids is 1. The molecule has 1 aromatic carbocycles. The van der Waals surface area contributed by atoms with Crippen molar-refractivity contribution in [1.82, 2.24) is 9.62 Å². The molecule has 0 aliphatic heterocycles. The summed E-state index contributed by atoms with van der Waals surface area (Å²) < 4.78 is 26.8. The van der Waals surface area contributed by atoms with Crippen molar-refractivity contribution in [1.29, 1.82) is 0 Å². The summed E-state index contributed by atoms with van der Waals surface area (Å²) in [5.41, 5.74) is 0.644. The van der Waals surface area contributed by atoms with Crippen molar-refractivity contribution in [2.45, 2.75) is 45.6 Å². The minimum Gasteiger partial charge on any atom is -0.480 e. The van der Waals surface area contributed by atoms with Crippen molar-refractivity contribution in [2.75, 3.05) is 13.1 Å². The van der Waals surface area contributed by atoms with Crippen LogP contribution < -0.4 is 5.32 Å². The van der Waals surface area contributed by atoms with Gasteiger partial charge in [-0.25, -0.2) is 13.2 Å². The summed E-state index contributed by atoms with van der Waals surface area (Å²) in [5, 5.41) is 11.6. The van der Waals surface area contributed by atoms with Gasteiger partial charge in [-0.05, 0) is 30.5 Å². The van der Waals surface area contributed by atoms with E-state index in [1.807, 2.05) is 0 Å². The Hall–Kier alpha value is -1.93. The van der Waals surface area contributed by atoms with Gasteiger partial charge in [-0.2, -0.15) is 4.31 Å². The molecule has 2 N–H and O–H groups in total. The first-order chi connectivity index (χ1) is 11.6. The monoisotopic (exact) mass is 370 g/mol. The fourth-order valence-electron chi connectivity index (χ4n) is 2.46. The largest absolute Gasteiger partial charge is 0.480 e. The molecule has 0 saturated heterocycles. The van der Waals surface area contributed by atoms with Crippen LogP contribution in [-0.4, -0.2) is 48.8 Å². The molecule has 1 atom stereocenters. The number of carbonyl (C=O) groups is 2. The molecule has 0 aromatic heterocycles. The van der Waals surface area contributed by atoms with E-state index >= 15 is 0 Å². The highest BCUT2D eigenvalue weighted by Crippen LogP contribution is 2.21. The molecule has 0 saturated carbocycles. The van der Waals surface area contributed by atoms with E-state index in [1.54, 1.807) is 40.7 Å². The average Bonchev–Trinajstić information content (AvgIpc) is 2.52. The van der Waals surface area contributed by atoms with Gasteiger partial charge in [0.2, 0.25) is 10.0 Å². The van der Waals surface area contributed by atoms with Crippen molar-refractivity contribution in [2.24, 2.45) is 5.92 Å². The molecule has 8 heteroatoms. The minimum atomic E-state index is -3.71. The van der Waals surface area contributed by atoms with Gasteiger partial charge in [-0.15, -0.1) is 0 Å². The van der Waals surface area contributed by atoms with Gasteiger partial charge < -0.3 is 10.4 Å². The standard InChI is InChI=1S/C17H26N2O5S/c1-6-19(7-2)25(23,24)14-10-13(9-8-12(14)5)16(20)18-15(11(3)4)17(21)22/h8-11,15H,6-7H2,1-5H3,(H,18,20)(H,21,22)/t15-/m0/s1. The number of hydrogen-bond donors (Lipinski definition) is 2. The molecule has 25 heavy (non-hydrogen) atoms. The molecule has 0 aliphatic rings. The van der Waals surface area contributed by atoms with Crippen LogP contribution in [0.15, 0.2) is 23.1 Å². The Labute approximate surface area is 149 Å². The van der Waals surface area contributed by atoms with Gasteiger partial charge >= 0.3 is 5.97 Å². The van der Waals surface area contributed by atoms with Crippen molar-refractivity contribution in [3.8, 4) is 0 Å². The van der Waals surface area contributed by atoms with E-state index in [-0.39, 0.29) is 16.4 Å². The van der Waals surface area contributed by atoms with Crippen LogP contribution in [0.1, 0.15) is 43.6 Å². The van der Waals surface area contributed by atoms with Crippen LogP contribution in [0, 0.1) is 12.8 Å². The van der Waals surface area contributed by atoms with Crippen LogP contribution >= 0.6 is 0 Å². The Morgan fingerprint density at radius 2 is 1.76 bits per heavy atom. The Bertz CT molecular complexity index is 739. The zero-order valence-electron chi connectivity index (χ0n) is 15.2. The van der Waals surface area contributed by atoms with Crippen LogP contribution in [0.4, 0.5) is 0 Å². The maximum atomic E-state index is 12.7. The molecule has 0 bridgehead atoms. The zero-order valence-corrected chi connectivity index (χ0v) is 16.1. The first-order valence-electron chi connectivity index (χ1n) is 8.20. The Kier molecular flexibility index (Phi) is 7.13. The number of hydrogen-bond acceptors (Lipinski definition) is 4. The SMILES string of the molecule is CCN(CC)S(=O)(=O)c1cc(C(=O)N[C@H](C(=O)O)C(C)C)ccc1C. The topological polar surface area (TPSA) is 104 Å². The molecule has 0 heterocycles. The molecule has 7 nitrogen and oxygen atoms in total. The number of carbonyl (C=O) groups excluding carboxylic acids is 1. The van der Waals surface area contributed by atoms with Crippen LogP contribution in [0.3, 0.4) is 0 Å². The Morgan fingerprint density at radius 3 is 2.20 bits per heavy atom. The van der Waals surface area contributed by atoms with E-state index in [0.717, 1.165) is 0 Å². The summed E-state index contributed by atoms with van der Waals surface area (Å²) in [4.78, 5) is 23.7. The summed E-state index contributed by atoms with van der Waals surface area (Å²) >= 11 is 0. The second kappa shape index (κ2) is 8.44. The lowest BCUT2D eigenvalue weighted by atomic mass is 10.0. The van der Waals surface area contributed by atoms with Crippen molar-refractivity contribution in [3.63, 3.8) is 0 Å². The van der Waals surface area contributed by atoms with Crippen molar-refractivity contribution in [3.05, 3.63) is 29.3 Å². The summed E-state index contributed by atoms with van der Waals surface area (Å²) in [6, 6.07) is 3.30. The number of sulfonamides is 1. The molecule has 0 aliphatic carbocycles. The molecular formula is C17H26N2O5S. The highest BCUT2D eigenvalue weighted by molar-refractivity contribution is 7.89. The smallest absolute Gasteiger partial charge is 0.326 e. The quantitative estimate of drug-likeness (QED) is 0.727. The molecule has 1 amide bonds. The normalized spacial score (nSPS) is 13.1. The number of carboxylic acid groups (broad SMARTS) is 1. The molecule has 0 radical (unpaired) electrons. The number of nitrogens with one attached hydrogen (secondary N) is 1. The van der Waals surface area contributed by atoms with E-state index in [2.05, 4.69) is 5.32 Å². The van der Waals surface area contributed by atoms with Gasteiger partial charge in [0, 0.05) is 18.7 Å². The molecule has 0 unspecified atom stereocenters. The summed E-state index contributed by atoms with van der Waals surface area (Å²) in [5.74, 6) is -2.05. The second-order valence-electron chi connectivity index (χ2n) is 6.10. The molecular weight excluding hydrogens is 344 g/mol. The fourth-order valence-corrected chi connectivity index (χ4v) is 4.17. The molecule has 0 fully saturated rings. The number of carboxylic acids is 1. The van der Waals surface area contributed by atoms with Gasteiger partial charge in [0.25, 0.3) is 5.91 Å². The number of amides is 1. The van der Waals surface area contributed by atoms with Crippen LogP contribution in [0.2, 0.25) is 0 Å². The predicted octanol–water partition coefficient (Wildman–Crippen LogP) is 1.86. The molecule has 1 rings (SSSR count). The fraction of sp³-hybridized carbons (Fsp3) is 0.529. The lowest BCUT2D eigenvalue weighted by molar-refractivity contribution is -0.140.